The molecule has 0 fully saturated rings. The van der Waals surface area contributed by atoms with Crippen LogP contribution < -0.4 is 5.32 Å². The summed E-state index contributed by atoms with van der Waals surface area (Å²) in [7, 11) is 0. The van der Waals surface area contributed by atoms with Crippen molar-refractivity contribution in [3.63, 3.8) is 0 Å². The fourth-order valence-corrected chi connectivity index (χ4v) is 3.88. The number of hydrogen-bond donors (Lipinski definition) is 1. The standard InChI is InChI=1S/C25H23NO2/c1-17(27)19-11-9-18(10-12-19)13-14-26-25(28)16-21-6-4-8-23-22-7-3-2-5-20(22)15-24(21)23/h2-12H,13-16H2,1H3,(H,26,28). The molecule has 0 spiro atoms. The van der Waals surface area contributed by atoms with Crippen LogP contribution in [0, 0.1) is 0 Å². The molecule has 28 heavy (non-hydrogen) atoms. The van der Waals surface area contributed by atoms with Gasteiger partial charge >= 0.3 is 0 Å². The molecule has 0 heterocycles. The minimum atomic E-state index is 0.0460. The van der Waals surface area contributed by atoms with Gasteiger partial charge in [-0.3, -0.25) is 9.59 Å². The van der Waals surface area contributed by atoms with Crippen molar-refractivity contribution in [1.82, 2.24) is 5.32 Å². The third-order valence-corrected chi connectivity index (χ3v) is 5.40. The van der Waals surface area contributed by atoms with Crippen LogP contribution in [0.15, 0.2) is 66.7 Å². The molecule has 0 unspecified atom stereocenters. The molecule has 0 saturated carbocycles. The van der Waals surface area contributed by atoms with E-state index in [1.807, 2.05) is 30.3 Å². The van der Waals surface area contributed by atoms with Crippen molar-refractivity contribution in [2.24, 2.45) is 0 Å². The molecule has 3 aromatic carbocycles. The number of benzene rings is 3. The molecular formula is C25H23NO2. The predicted molar refractivity (Wildman–Crippen MR) is 112 cm³/mol. The Morgan fingerprint density at radius 3 is 2.43 bits per heavy atom. The lowest BCUT2D eigenvalue weighted by Crippen LogP contribution is -2.27. The smallest absolute Gasteiger partial charge is 0.224 e. The fraction of sp³-hybridized carbons (Fsp3) is 0.200. The van der Waals surface area contributed by atoms with Crippen molar-refractivity contribution in [1.29, 1.82) is 0 Å². The maximum Gasteiger partial charge on any atom is 0.224 e. The lowest BCUT2D eigenvalue weighted by Gasteiger charge is -2.10. The zero-order valence-electron chi connectivity index (χ0n) is 16.0. The molecule has 3 heteroatoms. The average Bonchev–Trinajstić information content (AvgIpc) is 3.08. The topological polar surface area (TPSA) is 46.2 Å². The van der Waals surface area contributed by atoms with E-state index >= 15 is 0 Å². The van der Waals surface area contributed by atoms with E-state index in [-0.39, 0.29) is 11.7 Å². The summed E-state index contributed by atoms with van der Waals surface area (Å²) in [4.78, 5) is 23.8. The number of ketones is 1. The van der Waals surface area contributed by atoms with Crippen molar-refractivity contribution < 1.29 is 9.59 Å². The monoisotopic (exact) mass is 369 g/mol. The van der Waals surface area contributed by atoms with Crippen LogP contribution >= 0.6 is 0 Å². The first kappa shape index (κ1) is 18.2. The molecule has 0 aliphatic heterocycles. The number of rotatable bonds is 6. The molecule has 140 valence electrons. The highest BCUT2D eigenvalue weighted by molar-refractivity contribution is 5.94. The summed E-state index contributed by atoms with van der Waals surface area (Å²) in [5.41, 5.74) is 8.09. The summed E-state index contributed by atoms with van der Waals surface area (Å²) in [5, 5.41) is 3.02. The van der Waals surface area contributed by atoms with Gasteiger partial charge in [0.1, 0.15) is 0 Å². The highest BCUT2D eigenvalue weighted by Crippen LogP contribution is 2.38. The Labute approximate surface area is 165 Å². The van der Waals surface area contributed by atoms with E-state index in [0.717, 1.165) is 24.0 Å². The second-order valence-electron chi connectivity index (χ2n) is 7.31. The molecule has 3 aromatic rings. The summed E-state index contributed by atoms with van der Waals surface area (Å²) in [6, 6.07) is 22.3. The highest BCUT2D eigenvalue weighted by atomic mass is 16.1. The molecule has 3 nitrogen and oxygen atoms in total. The van der Waals surface area contributed by atoms with Crippen molar-refractivity contribution in [2.75, 3.05) is 6.54 Å². The third kappa shape index (κ3) is 3.74. The van der Waals surface area contributed by atoms with E-state index in [1.165, 1.54) is 22.3 Å². The summed E-state index contributed by atoms with van der Waals surface area (Å²) in [5.74, 6) is 0.113. The predicted octanol–water partition coefficient (Wildman–Crippen LogP) is 4.36. The van der Waals surface area contributed by atoms with Gasteiger partial charge in [0.05, 0.1) is 6.42 Å². The van der Waals surface area contributed by atoms with Crippen LogP contribution in [0.2, 0.25) is 0 Å². The zero-order chi connectivity index (χ0) is 19.5. The van der Waals surface area contributed by atoms with E-state index in [9.17, 15) is 9.59 Å². The van der Waals surface area contributed by atoms with Gasteiger partial charge in [-0.1, -0.05) is 66.7 Å². The fourth-order valence-electron chi connectivity index (χ4n) is 3.88. The van der Waals surface area contributed by atoms with Gasteiger partial charge in [-0.15, -0.1) is 0 Å². The lowest BCUT2D eigenvalue weighted by atomic mass is 9.99. The molecule has 1 N–H and O–H groups in total. The van der Waals surface area contributed by atoms with Gasteiger partial charge in [0.15, 0.2) is 5.78 Å². The summed E-state index contributed by atoms with van der Waals surface area (Å²) >= 11 is 0. The van der Waals surface area contributed by atoms with Gasteiger partial charge in [0.2, 0.25) is 5.91 Å². The Morgan fingerprint density at radius 2 is 1.64 bits per heavy atom. The molecule has 0 bridgehead atoms. The molecule has 1 aliphatic carbocycles. The second-order valence-corrected chi connectivity index (χ2v) is 7.31. The highest BCUT2D eigenvalue weighted by Gasteiger charge is 2.21. The number of nitrogens with one attached hydrogen (secondary N) is 1. The van der Waals surface area contributed by atoms with Crippen LogP contribution in [0.1, 0.15) is 39.5 Å². The van der Waals surface area contributed by atoms with Crippen molar-refractivity contribution >= 4 is 11.7 Å². The quantitative estimate of drug-likeness (QED) is 0.513. The summed E-state index contributed by atoms with van der Waals surface area (Å²) < 4.78 is 0. The zero-order valence-corrected chi connectivity index (χ0v) is 16.0. The molecule has 0 radical (unpaired) electrons. The van der Waals surface area contributed by atoms with Crippen molar-refractivity contribution in [3.8, 4) is 11.1 Å². The molecule has 0 aromatic heterocycles. The first-order valence-electron chi connectivity index (χ1n) is 9.67. The van der Waals surface area contributed by atoms with Crippen molar-refractivity contribution in [3.05, 3.63) is 94.5 Å². The second kappa shape index (κ2) is 7.81. The van der Waals surface area contributed by atoms with Gasteiger partial charge in [-0.05, 0) is 53.1 Å². The average molecular weight is 369 g/mol. The van der Waals surface area contributed by atoms with Gasteiger partial charge in [-0.2, -0.15) is 0 Å². The van der Waals surface area contributed by atoms with Crippen LogP contribution in [-0.4, -0.2) is 18.2 Å². The first-order valence-corrected chi connectivity index (χ1v) is 9.67. The Balaban J connectivity index is 1.36. The number of fused-ring (bicyclic) bond motifs is 3. The van der Waals surface area contributed by atoms with Crippen LogP contribution in [0.5, 0.6) is 0 Å². The van der Waals surface area contributed by atoms with E-state index in [2.05, 4.69) is 41.7 Å². The van der Waals surface area contributed by atoms with E-state index < -0.39 is 0 Å². The number of Topliss-reactive ketones (excluding diaryl/α,β-unsaturated/α-hetero) is 1. The van der Waals surface area contributed by atoms with Crippen LogP contribution in [-0.2, 0) is 24.1 Å². The minimum Gasteiger partial charge on any atom is -0.355 e. The third-order valence-electron chi connectivity index (χ3n) is 5.40. The van der Waals surface area contributed by atoms with E-state index in [0.29, 0.717) is 18.5 Å². The maximum absolute atomic E-state index is 12.5. The van der Waals surface area contributed by atoms with Gasteiger partial charge in [-0.25, -0.2) is 0 Å². The molecular weight excluding hydrogens is 346 g/mol. The van der Waals surface area contributed by atoms with Crippen LogP contribution in [0.4, 0.5) is 0 Å². The number of carbonyl (C=O) groups is 2. The molecule has 1 aliphatic rings. The van der Waals surface area contributed by atoms with Crippen LogP contribution in [0.3, 0.4) is 0 Å². The summed E-state index contributed by atoms with van der Waals surface area (Å²) in [6.07, 6.45) is 2.06. The molecule has 4 rings (SSSR count). The Morgan fingerprint density at radius 1 is 0.893 bits per heavy atom. The maximum atomic E-state index is 12.5. The number of carbonyl (C=O) groups excluding carboxylic acids is 2. The molecule has 0 atom stereocenters. The first-order chi connectivity index (χ1) is 13.6. The van der Waals surface area contributed by atoms with E-state index in [1.54, 1.807) is 6.92 Å². The Bertz CT molecular complexity index is 1030. The molecule has 1 amide bonds. The largest absolute Gasteiger partial charge is 0.355 e. The van der Waals surface area contributed by atoms with Crippen LogP contribution in [0.25, 0.3) is 11.1 Å². The van der Waals surface area contributed by atoms with E-state index in [4.69, 9.17) is 0 Å². The normalized spacial score (nSPS) is 11.6. The molecule has 0 saturated heterocycles. The van der Waals surface area contributed by atoms with Crippen molar-refractivity contribution in [2.45, 2.75) is 26.2 Å². The Hall–Kier alpha value is -3.20. The minimum absolute atomic E-state index is 0.0460. The SMILES string of the molecule is CC(=O)c1ccc(CCNC(=O)Cc2cccc3c2Cc2ccccc2-3)cc1. The summed E-state index contributed by atoms with van der Waals surface area (Å²) in [6.45, 7) is 2.15. The number of hydrogen-bond acceptors (Lipinski definition) is 2. The van der Waals surface area contributed by atoms with Gasteiger partial charge in [0.25, 0.3) is 0 Å². The number of amides is 1. The Kier molecular flexibility index (Phi) is 5.07. The van der Waals surface area contributed by atoms with Gasteiger partial charge < -0.3 is 5.32 Å². The lowest BCUT2D eigenvalue weighted by molar-refractivity contribution is -0.120. The van der Waals surface area contributed by atoms with Gasteiger partial charge in [0, 0.05) is 12.1 Å².